The van der Waals surface area contributed by atoms with Crippen molar-refractivity contribution in [3.8, 4) is 5.75 Å². The number of aromatic hydroxyl groups is 1. The number of benzene rings is 1. The number of aryl methyl sites for hydroxylation is 1. The van der Waals surface area contributed by atoms with E-state index < -0.39 is 0 Å². The Hall–Kier alpha value is -1.97. The molecule has 1 rings (SSSR count). The van der Waals surface area contributed by atoms with Crippen molar-refractivity contribution in [3.63, 3.8) is 0 Å². The minimum atomic E-state index is 0.0658. The minimum absolute atomic E-state index is 0.0658. The van der Waals surface area contributed by atoms with Crippen molar-refractivity contribution in [1.82, 2.24) is 0 Å². The van der Waals surface area contributed by atoms with Crippen LogP contribution in [0, 0.1) is 6.92 Å². The van der Waals surface area contributed by atoms with E-state index in [0.717, 1.165) is 16.7 Å². The summed E-state index contributed by atoms with van der Waals surface area (Å²) in [6.45, 7) is 6.09. The van der Waals surface area contributed by atoms with E-state index in [1.807, 2.05) is 19.1 Å². The molecule has 16 heavy (non-hydrogen) atoms. The van der Waals surface area contributed by atoms with Crippen molar-refractivity contribution in [2.45, 2.75) is 13.3 Å². The topological polar surface area (TPSA) is 84.6 Å². The average molecular weight is 219 g/mol. The van der Waals surface area contributed by atoms with Gasteiger partial charge in [-0.2, -0.15) is 0 Å². The molecule has 0 atom stereocenters. The number of aliphatic imine (C=N–C) groups is 1. The Kier molecular flexibility index (Phi) is 3.94. The van der Waals surface area contributed by atoms with Gasteiger partial charge in [0.2, 0.25) is 0 Å². The molecule has 0 aliphatic rings. The summed E-state index contributed by atoms with van der Waals surface area (Å²) in [5, 5.41) is 9.90. The molecule has 0 amide bonds. The number of nitrogens with two attached hydrogens (primary N) is 2. The molecule has 0 aliphatic heterocycles. The Balaban J connectivity index is 2.91. The number of phenolic OH excluding ortho intramolecular Hbond substituents is 1. The van der Waals surface area contributed by atoms with Crippen LogP contribution in [0.15, 0.2) is 23.7 Å². The van der Waals surface area contributed by atoms with Crippen LogP contribution in [0.4, 0.5) is 0 Å². The Bertz CT molecular complexity index is 421. The fraction of sp³-hybridized carbons (Fsp3) is 0.250. The van der Waals surface area contributed by atoms with E-state index in [1.54, 1.807) is 6.08 Å². The van der Waals surface area contributed by atoms with Gasteiger partial charge in [-0.1, -0.05) is 18.7 Å². The van der Waals surface area contributed by atoms with Gasteiger partial charge in [-0.15, -0.1) is 0 Å². The highest BCUT2D eigenvalue weighted by atomic mass is 16.3. The molecule has 0 spiro atoms. The zero-order valence-electron chi connectivity index (χ0n) is 9.40. The molecule has 0 saturated heterocycles. The summed E-state index contributed by atoms with van der Waals surface area (Å²) in [6.07, 6.45) is 2.23. The zero-order valence-corrected chi connectivity index (χ0v) is 9.40. The van der Waals surface area contributed by atoms with Crippen molar-refractivity contribution in [2.75, 3.05) is 6.54 Å². The number of phenols is 1. The van der Waals surface area contributed by atoms with Crippen LogP contribution in [0.5, 0.6) is 5.75 Å². The smallest absolute Gasteiger partial charge is 0.185 e. The van der Waals surface area contributed by atoms with Gasteiger partial charge >= 0.3 is 0 Å². The van der Waals surface area contributed by atoms with Crippen LogP contribution < -0.4 is 11.5 Å². The monoisotopic (exact) mass is 219 g/mol. The lowest BCUT2D eigenvalue weighted by Gasteiger charge is -2.08. The Morgan fingerprint density at radius 2 is 2.19 bits per heavy atom. The van der Waals surface area contributed by atoms with Crippen LogP contribution >= 0.6 is 0 Å². The number of guanidine groups is 1. The first kappa shape index (κ1) is 12.1. The molecule has 0 aliphatic carbocycles. The van der Waals surface area contributed by atoms with Crippen LogP contribution in [-0.2, 0) is 6.42 Å². The highest BCUT2D eigenvalue weighted by molar-refractivity contribution is 5.75. The fourth-order valence-electron chi connectivity index (χ4n) is 1.54. The number of hydrogen-bond acceptors (Lipinski definition) is 2. The molecule has 0 radical (unpaired) electrons. The van der Waals surface area contributed by atoms with Crippen LogP contribution in [0.3, 0.4) is 0 Å². The molecule has 0 unspecified atom stereocenters. The lowest BCUT2D eigenvalue weighted by molar-refractivity contribution is 0.467. The second-order valence-electron chi connectivity index (χ2n) is 3.62. The first-order valence-corrected chi connectivity index (χ1v) is 5.05. The molecule has 86 valence electrons. The fourth-order valence-corrected chi connectivity index (χ4v) is 1.54. The van der Waals surface area contributed by atoms with Gasteiger partial charge in [-0.3, -0.25) is 4.99 Å². The summed E-state index contributed by atoms with van der Waals surface area (Å²) in [7, 11) is 0. The number of hydrogen-bond donors (Lipinski definition) is 3. The lowest BCUT2D eigenvalue weighted by atomic mass is 10.0. The molecule has 0 aromatic heterocycles. The van der Waals surface area contributed by atoms with E-state index >= 15 is 0 Å². The van der Waals surface area contributed by atoms with Gasteiger partial charge in [-0.05, 0) is 30.5 Å². The van der Waals surface area contributed by atoms with Gasteiger partial charge in [0, 0.05) is 12.1 Å². The van der Waals surface area contributed by atoms with Gasteiger partial charge in [0.25, 0.3) is 0 Å². The summed E-state index contributed by atoms with van der Waals surface area (Å²) < 4.78 is 0. The lowest BCUT2D eigenvalue weighted by Crippen LogP contribution is -2.23. The molecule has 0 bridgehead atoms. The van der Waals surface area contributed by atoms with Gasteiger partial charge in [0.05, 0.1) is 0 Å². The molecule has 4 heteroatoms. The van der Waals surface area contributed by atoms with E-state index in [0.29, 0.717) is 13.0 Å². The molecule has 0 fully saturated rings. The van der Waals surface area contributed by atoms with Crippen molar-refractivity contribution in [3.05, 3.63) is 35.4 Å². The van der Waals surface area contributed by atoms with Crippen LogP contribution in [0.1, 0.15) is 16.7 Å². The van der Waals surface area contributed by atoms with E-state index in [2.05, 4.69) is 11.6 Å². The Morgan fingerprint density at radius 3 is 2.75 bits per heavy atom. The minimum Gasteiger partial charge on any atom is -0.507 e. The van der Waals surface area contributed by atoms with Gasteiger partial charge < -0.3 is 16.6 Å². The van der Waals surface area contributed by atoms with E-state index in [9.17, 15) is 5.11 Å². The first-order valence-electron chi connectivity index (χ1n) is 5.05. The normalized spacial score (nSPS) is 9.81. The van der Waals surface area contributed by atoms with Gasteiger partial charge in [-0.25, -0.2) is 0 Å². The maximum atomic E-state index is 9.90. The average Bonchev–Trinajstić information content (AvgIpc) is 2.22. The predicted molar refractivity (Wildman–Crippen MR) is 67.3 cm³/mol. The molecule has 5 N–H and O–H groups in total. The molecular formula is C12H17N3O. The molecule has 1 aromatic rings. The predicted octanol–water partition coefficient (Wildman–Crippen LogP) is 1.16. The largest absolute Gasteiger partial charge is 0.507 e. The molecule has 4 nitrogen and oxygen atoms in total. The zero-order chi connectivity index (χ0) is 12.1. The summed E-state index contributed by atoms with van der Waals surface area (Å²) in [4.78, 5) is 3.88. The van der Waals surface area contributed by atoms with E-state index in [4.69, 9.17) is 11.5 Å². The molecule has 1 aromatic carbocycles. The third-order valence-corrected chi connectivity index (χ3v) is 2.26. The third kappa shape index (κ3) is 3.02. The van der Waals surface area contributed by atoms with Crippen molar-refractivity contribution >= 4 is 12.0 Å². The summed E-state index contributed by atoms with van der Waals surface area (Å²) in [6, 6.07) is 3.80. The van der Waals surface area contributed by atoms with E-state index in [1.165, 1.54) is 0 Å². The maximum absolute atomic E-state index is 9.90. The Labute approximate surface area is 95.3 Å². The molecule has 0 heterocycles. The Morgan fingerprint density at radius 1 is 1.50 bits per heavy atom. The second kappa shape index (κ2) is 5.21. The van der Waals surface area contributed by atoms with Crippen molar-refractivity contribution in [1.29, 1.82) is 0 Å². The summed E-state index contributed by atoms with van der Waals surface area (Å²) >= 11 is 0. The van der Waals surface area contributed by atoms with Gasteiger partial charge in [0.1, 0.15) is 5.75 Å². The van der Waals surface area contributed by atoms with Crippen molar-refractivity contribution in [2.24, 2.45) is 16.5 Å². The van der Waals surface area contributed by atoms with Gasteiger partial charge in [0.15, 0.2) is 5.96 Å². The number of nitrogens with zero attached hydrogens (tertiary/aromatic N) is 1. The van der Waals surface area contributed by atoms with E-state index in [-0.39, 0.29) is 11.7 Å². The van der Waals surface area contributed by atoms with Crippen LogP contribution in [0.2, 0.25) is 0 Å². The highest BCUT2D eigenvalue weighted by Gasteiger charge is 2.05. The van der Waals surface area contributed by atoms with Crippen LogP contribution in [0.25, 0.3) is 6.08 Å². The molecular weight excluding hydrogens is 202 g/mol. The third-order valence-electron chi connectivity index (χ3n) is 2.26. The quantitative estimate of drug-likeness (QED) is 0.524. The number of rotatable bonds is 4. The highest BCUT2D eigenvalue weighted by Crippen LogP contribution is 2.25. The maximum Gasteiger partial charge on any atom is 0.185 e. The first-order chi connectivity index (χ1) is 7.54. The standard InChI is InChI=1S/C12H17N3O/c1-3-9-6-8(2)7-10(11(9)16)4-5-15-12(13)14/h3,6-7,16H,1,4-5H2,2H3,(H4,13,14,15). The second-order valence-corrected chi connectivity index (χ2v) is 3.62. The van der Waals surface area contributed by atoms with Crippen molar-refractivity contribution < 1.29 is 5.11 Å². The molecule has 0 saturated carbocycles. The SMILES string of the molecule is C=Cc1cc(C)cc(CCN=C(N)N)c1O. The summed E-state index contributed by atoms with van der Waals surface area (Å²) in [5.74, 6) is 0.322. The summed E-state index contributed by atoms with van der Waals surface area (Å²) in [5.41, 5.74) is 13.1. The van der Waals surface area contributed by atoms with Crippen LogP contribution in [-0.4, -0.2) is 17.6 Å².